The fraction of sp³-hybridized carbons (Fsp3) is 0.450. The van der Waals surface area contributed by atoms with Gasteiger partial charge in [-0.15, -0.1) is 0 Å². The molecule has 0 bridgehead atoms. The predicted octanol–water partition coefficient (Wildman–Crippen LogP) is 2.07. The van der Waals surface area contributed by atoms with Gasteiger partial charge < -0.3 is 14.5 Å². The zero-order valence-electron chi connectivity index (χ0n) is 16.2. The molecule has 0 radical (unpaired) electrons. The van der Waals surface area contributed by atoms with E-state index in [0.29, 0.717) is 30.9 Å². The highest BCUT2D eigenvalue weighted by Gasteiger charge is 2.35. The standard InChI is InChI=1S/C20H23FN4O3/c1-12-9-16-18(13(2)28-12)22-23(3)19(16)20(27)24-7-8-25(17(26)11-24)15-6-4-5-14(21)10-15/h4-6,10,12-13H,7-9,11H2,1-3H3/t12-,13+/m1/s1. The van der Waals surface area contributed by atoms with Gasteiger partial charge >= 0.3 is 0 Å². The topological polar surface area (TPSA) is 67.7 Å². The predicted molar refractivity (Wildman–Crippen MR) is 101 cm³/mol. The van der Waals surface area contributed by atoms with Gasteiger partial charge in [-0.3, -0.25) is 14.3 Å². The van der Waals surface area contributed by atoms with Crippen LogP contribution in [-0.2, 0) is 23.0 Å². The fourth-order valence-electron chi connectivity index (χ4n) is 4.05. The van der Waals surface area contributed by atoms with E-state index in [-0.39, 0.29) is 30.6 Å². The number of fused-ring (bicyclic) bond motifs is 1. The summed E-state index contributed by atoms with van der Waals surface area (Å²) in [6.07, 6.45) is 0.453. The highest BCUT2D eigenvalue weighted by molar-refractivity contribution is 6.01. The Labute approximate surface area is 162 Å². The summed E-state index contributed by atoms with van der Waals surface area (Å²) in [5, 5.41) is 4.48. The first-order valence-corrected chi connectivity index (χ1v) is 9.41. The molecular formula is C20H23FN4O3. The molecule has 1 fully saturated rings. The molecule has 0 spiro atoms. The van der Waals surface area contributed by atoms with Gasteiger partial charge in [0.15, 0.2) is 0 Å². The van der Waals surface area contributed by atoms with E-state index in [1.165, 1.54) is 17.0 Å². The van der Waals surface area contributed by atoms with Crippen molar-refractivity contribution in [2.45, 2.75) is 32.5 Å². The Hall–Kier alpha value is -2.74. The van der Waals surface area contributed by atoms with Gasteiger partial charge in [-0.05, 0) is 32.0 Å². The third-order valence-corrected chi connectivity index (χ3v) is 5.32. The third kappa shape index (κ3) is 3.17. The van der Waals surface area contributed by atoms with Crippen molar-refractivity contribution < 1.29 is 18.7 Å². The van der Waals surface area contributed by atoms with Crippen molar-refractivity contribution in [1.82, 2.24) is 14.7 Å². The van der Waals surface area contributed by atoms with E-state index in [1.54, 1.807) is 28.8 Å². The second-order valence-corrected chi connectivity index (χ2v) is 7.38. The van der Waals surface area contributed by atoms with E-state index in [2.05, 4.69) is 5.10 Å². The number of aromatic nitrogens is 2. The van der Waals surface area contributed by atoms with Crippen LogP contribution in [0.1, 0.15) is 41.7 Å². The Bertz CT molecular complexity index is 942. The van der Waals surface area contributed by atoms with Crippen LogP contribution in [-0.4, -0.2) is 52.2 Å². The maximum atomic E-state index is 13.5. The van der Waals surface area contributed by atoms with E-state index in [0.717, 1.165) is 11.3 Å². The number of halogens is 1. The number of hydrogen-bond acceptors (Lipinski definition) is 4. The molecule has 1 aromatic carbocycles. The first-order chi connectivity index (χ1) is 13.3. The molecule has 0 N–H and O–H groups in total. The summed E-state index contributed by atoms with van der Waals surface area (Å²) >= 11 is 0. The number of aryl methyl sites for hydroxylation is 1. The quantitative estimate of drug-likeness (QED) is 0.793. The summed E-state index contributed by atoms with van der Waals surface area (Å²) in [6.45, 7) is 4.56. The van der Waals surface area contributed by atoms with Gasteiger partial charge in [-0.25, -0.2) is 4.39 Å². The van der Waals surface area contributed by atoms with Crippen molar-refractivity contribution in [1.29, 1.82) is 0 Å². The Morgan fingerprint density at radius 3 is 2.79 bits per heavy atom. The van der Waals surface area contributed by atoms with E-state index < -0.39 is 5.82 Å². The van der Waals surface area contributed by atoms with Crippen LogP contribution in [0, 0.1) is 5.82 Å². The Morgan fingerprint density at radius 2 is 2.07 bits per heavy atom. The molecule has 0 saturated carbocycles. The molecule has 4 rings (SSSR count). The summed E-state index contributed by atoms with van der Waals surface area (Å²) in [6, 6.07) is 5.93. The van der Waals surface area contributed by atoms with E-state index in [9.17, 15) is 14.0 Å². The van der Waals surface area contributed by atoms with Gasteiger partial charge in [0.25, 0.3) is 5.91 Å². The first kappa shape index (κ1) is 18.6. The number of ether oxygens (including phenoxy) is 1. The summed E-state index contributed by atoms with van der Waals surface area (Å²) in [5.74, 6) is -0.827. The molecule has 1 aromatic heterocycles. The summed E-state index contributed by atoms with van der Waals surface area (Å²) in [7, 11) is 1.74. The highest BCUT2D eigenvalue weighted by Crippen LogP contribution is 2.32. The molecule has 28 heavy (non-hydrogen) atoms. The number of amides is 2. The minimum absolute atomic E-state index is 0.00436. The molecule has 2 amide bonds. The normalized spacial score (nSPS) is 22.4. The lowest BCUT2D eigenvalue weighted by Gasteiger charge is -2.34. The second-order valence-electron chi connectivity index (χ2n) is 7.38. The largest absolute Gasteiger partial charge is 0.369 e. The van der Waals surface area contributed by atoms with E-state index >= 15 is 0 Å². The second kappa shape index (κ2) is 7.01. The maximum absolute atomic E-state index is 13.5. The van der Waals surface area contributed by atoms with Crippen LogP contribution < -0.4 is 4.90 Å². The average molecular weight is 386 g/mol. The van der Waals surface area contributed by atoms with E-state index in [1.807, 2.05) is 13.8 Å². The van der Waals surface area contributed by atoms with Crippen LogP contribution in [0.5, 0.6) is 0 Å². The van der Waals surface area contributed by atoms with Crippen molar-refractivity contribution >= 4 is 17.5 Å². The fourth-order valence-corrected chi connectivity index (χ4v) is 4.05. The highest BCUT2D eigenvalue weighted by atomic mass is 19.1. The van der Waals surface area contributed by atoms with Gasteiger partial charge in [0.2, 0.25) is 5.91 Å². The number of anilines is 1. The minimum atomic E-state index is -0.393. The summed E-state index contributed by atoms with van der Waals surface area (Å²) in [5.41, 5.74) is 2.71. The SMILES string of the molecule is C[C@@H]1Cc2c(nn(C)c2C(=O)N2CCN(c3cccc(F)c3)C(=O)C2)[C@H](C)O1. The van der Waals surface area contributed by atoms with Crippen LogP contribution in [0.15, 0.2) is 24.3 Å². The molecule has 7 nitrogen and oxygen atoms in total. The zero-order chi connectivity index (χ0) is 20.0. The summed E-state index contributed by atoms with van der Waals surface area (Å²) in [4.78, 5) is 28.9. The van der Waals surface area contributed by atoms with Gasteiger partial charge in [-0.2, -0.15) is 5.10 Å². The Balaban J connectivity index is 1.56. The van der Waals surface area contributed by atoms with Crippen molar-refractivity contribution in [3.05, 3.63) is 47.0 Å². The number of rotatable bonds is 2. The number of benzene rings is 1. The molecule has 2 aliphatic rings. The zero-order valence-corrected chi connectivity index (χ0v) is 16.2. The van der Waals surface area contributed by atoms with Crippen molar-refractivity contribution in [2.75, 3.05) is 24.5 Å². The lowest BCUT2D eigenvalue weighted by molar-refractivity contribution is -0.120. The van der Waals surface area contributed by atoms with E-state index in [4.69, 9.17) is 4.74 Å². The van der Waals surface area contributed by atoms with Gasteiger partial charge in [0.05, 0.1) is 17.9 Å². The Kier molecular flexibility index (Phi) is 4.66. The number of carbonyl (C=O) groups is 2. The van der Waals surface area contributed by atoms with Crippen LogP contribution in [0.4, 0.5) is 10.1 Å². The molecule has 1 saturated heterocycles. The molecule has 8 heteroatoms. The molecule has 2 atom stereocenters. The average Bonchev–Trinajstić information content (AvgIpc) is 2.97. The monoisotopic (exact) mass is 386 g/mol. The minimum Gasteiger partial charge on any atom is -0.369 e. The van der Waals surface area contributed by atoms with Crippen LogP contribution >= 0.6 is 0 Å². The van der Waals surface area contributed by atoms with Crippen LogP contribution in [0.3, 0.4) is 0 Å². The van der Waals surface area contributed by atoms with Crippen molar-refractivity contribution in [3.63, 3.8) is 0 Å². The molecule has 2 aliphatic heterocycles. The maximum Gasteiger partial charge on any atom is 0.272 e. The molecule has 3 heterocycles. The lowest BCUT2D eigenvalue weighted by atomic mass is 9.99. The Morgan fingerprint density at radius 1 is 1.29 bits per heavy atom. The molecule has 2 aromatic rings. The third-order valence-electron chi connectivity index (χ3n) is 5.32. The first-order valence-electron chi connectivity index (χ1n) is 9.41. The number of hydrogen-bond donors (Lipinski definition) is 0. The van der Waals surface area contributed by atoms with Crippen molar-refractivity contribution in [2.24, 2.45) is 7.05 Å². The molecule has 148 valence electrons. The summed E-state index contributed by atoms with van der Waals surface area (Å²) < 4.78 is 20.9. The van der Waals surface area contributed by atoms with Crippen LogP contribution in [0.25, 0.3) is 0 Å². The number of nitrogens with zero attached hydrogens (tertiary/aromatic N) is 4. The molecular weight excluding hydrogens is 363 g/mol. The number of carbonyl (C=O) groups excluding carboxylic acids is 2. The number of piperazine rings is 1. The lowest BCUT2D eigenvalue weighted by Crippen LogP contribution is -2.52. The van der Waals surface area contributed by atoms with Crippen molar-refractivity contribution in [3.8, 4) is 0 Å². The molecule has 0 aliphatic carbocycles. The van der Waals surface area contributed by atoms with Gasteiger partial charge in [-0.1, -0.05) is 6.07 Å². The molecule has 0 unspecified atom stereocenters. The van der Waals surface area contributed by atoms with Gasteiger partial charge in [0.1, 0.15) is 18.1 Å². The van der Waals surface area contributed by atoms with Crippen LogP contribution in [0.2, 0.25) is 0 Å². The van der Waals surface area contributed by atoms with Gasteiger partial charge in [0, 0.05) is 37.8 Å². The smallest absolute Gasteiger partial charge is 0.272 e.